The van der Waals surface area contributed by atoms with Crippen LogP contribution in [0.15, 0.2) is 24.3 Å². The van der Waals surface area contributed by atoms with Crippen LogP contribution in [-0.4, -0.2) is 24.3 Å². The van der Waals surface area contributed by atoms with Gasteiger partial charge in [0.2, 0.25) is 0 Å². The smallest absolute Gasteiger partial charge is 0.187 e. The van der Waals surface area contributed by atoms with Crippen molar-refractivity contribution in [2.45, 2.75) is 43.6 Å². The number of aliphatic hydroxyl groups is 1. The van der Waals surface area contributed by atoms with Crippen LogP contribution in [0.5, 0.6) is 0 Å². The normalized spacial score (nSPS) is 30.8. The second-order valence-electron chi connectivity index (χ2n) is 6.16. The lowest BCUT2D eigenvalue weighted by molar-refractivity contribution is 0.282. The Hall–Kier alpha value is -1.37. The maximum absolute atomic E-state index is 8.80. The molecule has 1 aromatic rings. The van der Waals surface area contributed by atoms with Crippen molar-refractivity contribution in [3.63, 3.8) is 0 Å². The summed E-state index contributed by atoms with van der Waals surface area (Å²) >= 11 is 0. The zero-order chi connectivity index (χ0) is 14.0. The van der Waals surface area contributed by atoms with Gasteiger partial charge in [0.1, 0.15) is 0 Å². The summed E-state index contributed by atoms with van der Waals surface area (Å²) in [7, 11) is 0. The minimum absolute atomic E-state index is 0.299. The lowest BCUT2D eigenvalue weighted by atomic mass is 9.93. The van der Waals surface area contributed by atoms with E-state index in [0.717, 1.165) is 31.0 Å². The van der Waals surface area contributed by atoms with Crippen LogP contribution >= 0.6 is 0 Å². The van der Waals surface area contributed by atoms with Gasteiger partial charge in [-0.25, -0.2) is 4.85 Å². The molecule has 3 nitrogen and oxygen atoms in total. The predicted octanol–water partition coefficient (Wildman–Crippen LogP) is 3.02. The molecule has 106 valence electrons. The van der Waals surface area contributed by atoms with E-state index in [1.54, 1.807) is 0 Å². The molecule has 0 aromatic heterocycles. The maximum Gasteiger partial charge on any atom is 0.187 e. The van der Waals surface area contributed by atoms with Crippen LogP contribution in [0, 0.1) is 12.5 Å². The van der Waals surface area contributed by atoms with E-state index >= 15 is 0 Å². The van der Waals surface area contributed by atoms with Crippen LogP contribution in [-0.2, 0) is 5.41 Å². The fourth-order valence-corrected chi connectivity index (χ4v) is 3.88. The number of benzene rings is 1. The minimum atomic E-state index is 0.299. The van der Waals surface area contributed by atoms with Gasteiger partial charge in [0.15, 0.2) is 5.69 Å². The van der Waals surface area contributed by atoms with E-state index in [1.165, 1.54) is 24.8 Å². The van der Waals surface area contributed by atoms with Crippen molar-refractivity contribution in [1.82, 2.24) is 5.32 Å². The summed E-state index contributed by atoms with van der Waals surface area (Å²) in [6.45, 7) is 8.34. The lowest BCUT2D eigenvalue weighted by Gasteiger charge is -2.13. The largest absolute Gasteiger partial charge is 0.396 e. The standard InChI is InChI=1S/C17H22N2O/c1-18-14-6-4-13(5-7-14)17-9-8-16(15(17)12-17)19-10-2-3-11-20/h4-7,15-16,19-20H,2-3,8-12H2. The molecule has 20 heavy (non-hydrogen) atoms. The molecule has 3 unspecified atom stereocenters. The number of nitrogens with zero attached hydrogens (tertiary/aromatic N) is 1. The van der Waals surface area contributed by atoms with E-state index in [1.807, 2.05) is 12.1 Å². The summed E-state index contributed by atoms with van der Waals surface area (Å²) in [4.78, 5) is 3.46. The molecule has 1 aromatic carbocycles. The summed E-state index contributed by atoms with van der Waals surface area (Å²) in [6.07, 6.45) is 5.78. The first-order valence-electron chi connectivity index (χ1n) is 7.62. The summed E-state index contributed by atoms with van der Waals surface area (Å²) < 4.78 is 0. The van der Waals surface area contributed by atoms with Crippen molar-refractivity contribution in [2.75, 3.05) is 13.2 Å². The lowest BCUT2D eigenvalue weighted by Crippen LogP contribution is -2.30. The van der Waals surface area contributed by atoms with E-state index in [0.29, 0.717) is 18.1 Å². The molecule has 0 radical (unpaired) electrons. The van der Waals surface area contributed by atoms with Crippen LogP contribution in [0.25, 0.3) is 4.85 Å². The van der Waals surface area contributed by atoms with Crippen LogP contribution in [0.3, 0.4) is 0 Å². The Balaban J connectivity index is 1.59. The topological polar surface area (TPSA) is 36.6 Å². The van der Waals surface area contributed by atoms with E-state index in [9.17, 15) is 0 Å². The third-order valence-corrected chi connectivity index (χ3v) is 5.08. The summed E-state index contributed by atoms with van der Waals surface area (Å²) in [6, 6.07) is 8.86. The number of hydrogen-bond acceptors (Lipinski definition) is 2. The first kappa shape index (κ1) is 13.6. The molecule has 3 atom stereocenters. The highest BCUT2D eigenvalue weighted by molar-refractivity contribution is 5.49. The molecule has 0 heterocycles. The number of nitrogens with one attached hydrogen (secondary N) is 1. The highest BCUT2D eigenvalue weighted by Gasteiger charge is 2.61. The molecular weight excluding hydrogens is 248 g/mol. The molecular formula is C17H22N2O. The molecule has 2 fully saturated rings. The Bertz CT molecular complexity index is 505. The molecule has 0 amide bonds. The van der Waals surface area contributed by atoms with Gasteiger partial charge in [-0.1, -0.05) is 24.3 Å². The Morgan fingerprint density at radius 1 is 1.30 bits per heavy atom. The van der Waals surface area contributed by atoms with E-state index in [-0.39, 0.29) is 0 Å². The third kappa shape index (κ3) is 2.34. The molecule has 3 rings (SSSR count). The second kappa shape index (κ2) is 5.55. The molecule has 3 heteroatoms. The monoisotopic (exact) mass is 270 g/mol. The second-order valence-corrected chi connectivity index (χ2v) is 6.16. The fraction of sp³-hybridized carbons (Fsp3) is 0.588. The van der Waals surface area contributed by atoms with Gasteiger partial charge < -0.3 is 10.4 Å². The van der Waals surface area contributed by atoms with Gasteiger partial charge in [0, 0.05) is 12.6 Å². The summed E-state index contributed by atoms with van der Waals surface area (Å²) in [5.41, 5.74) is 2.56. The van der Waals surface area contributed by atoms with Gasteiger partial charge in [0.05, 0.1) is 6.57 Å². The quantitative estimate of drug-likeness (QED) is 0.616. The number of unbranched alkanes of at least 4 members (excludes halogenated alkanes) is 1. The minimum Gasteiger partial charge on any atom is -0.396 e. The molecule has 2 saturated carbocycles. The van der Waals surface area contributed by atoms with Gasteiger partial charge in [-0.15, -0.1) is 0 Å². The van der Waals surface area contributed by atoms with Crippen molar-refractivity contribution in [3.05, 3.63) is 41.2 Å². The Morgan fingerprint density at radius 2 is 2.10 bits per heavy atom. The van der Waals surface area contributed by atoms with Gasteiger partial charge in [-0.3, -0.25) is 0 Å². The number of hydrogen-bond donors (Lipinski definition) is 2. The van der Waals surface area contributed by atoms with Crippen LogP contribution < -0.4 is 5.32 Å². The summed E-state index contributed by atoms with van der Waals surface area (Å²) in [5.74, 6) is 0.774. The van der Waals surface area contributed by atoms with E-state index < -0.39 is 0 Å². The van der Waals surface area contributed by atoms with Crippen molar-refractivity contribution in [2.24, 2.45) is 5.92 Å². The van der Waals surface area contributed by atoms with Gasteiger partial charge in [-0.05, 0) is 55.5 Å². The Labute approximate surface area is 120 Å². The molecule has 0 bridgehead atoms. The molecule has 2 aliphatic carbocycles. The number of fused-ring (bicyclic) bond motifs is 1. The highest BCUT2D eigenvalue weighted by Crippen LogP contribution is 2.64. The number of aliphatic hydroxyl groups excluding tert-OH is 1. The molecule has 2 N–H and O–H groups in total. The van der Waals surface area contributed by atoms with Crippen LogP contribution in [0.4, 0.5) is 5.69 Å². The molecule has 2 aliphatic rings. The van der Waals surface area contributed by atoms with Crippen LogP contribution in [0.2, 0.25) is 0 Å². The van der Waals surface area contributed by atoms with Gasteiger partial charge in [0.25, 0.3) is 0 Å². The Kier molecular flexibility index (Phi) is 3.78. The number of rotatable bonds is 6. The van der Waals surface area contributed by atoms with Crippen molar-refractivity contribution in [1.29, 1.82) is 0 Å². The van der Waals surface area contributed by atoms with E-state index in [2.05, 4.69) is 22.3 Å². The van der Waals surface area contributed by atoms with Gasteiger partial charge >= 0.3 is 0 Å². The molecule has 0 saturated heterocycles. The molecule has 0 spiro atoms. The average Bonchev–Trinajstić information content (AvgIpc) is 3.13. The average molecular weight is 270 g/mol. The maximum atomic E-state index is 8.80. The SMILES string of the molecule is [C-]#[N+]c1ccc(C23CCC(NCCCCO)C2C3)cc1. The zero-order valence-electron chi connectivity index (χ0n) is 11.8. The summed E-state index contributed by atoms with van der Waals surface area (Å²) in [5, 5.41) is 12.5. The molecule has 0 aliphatic heterocycles. The first-order valence-corrected chi connectivity index (χ1v) is 7.62. The first-order chi connectivity index (χ1) is 9.80. The van der Waals surface area contributed by atoms with Gasteiger partial charge in [-0.2, -0.15) is 0 Å². The third-order valence-electron chi connectivity index (χ3n) is 5.08. The van der Waals surface area contributed by atoms with Crippen molar-refractivity contribution in [3.8, 4) is 0 Å². The Morgan fingerprint density at radius 3 is 2.75 bits per heavy atom. The zero-order valence-corrected chi connectivity index (χ0v) is 11.8. The van der Waals surface area contributed by atoms with Crippen molar-refractivity contribution < 1.29 is 5.11 Å². The van der Waals surface area contributed by atoms with Crippen molar-refractivity contribution >= 4 is 5.69 Å². The van der Waals surface area contributed by atoms with E-state index in [4.69, 9.17) is 11.7 Å². The van der Waals surface area contributed by atoms with Crippen LogP contribution in [0.1, 0.15) is 37.7 Å². The highest BCUT2D eigenvalue weighted by atomic mass is 16.2. The fourth-order valence-electron chi connectivity index (χ4n) is 3.88. The predicted molar refractivity (Wildman–Crippen MR) is 79.8 cm³/mol.